The van der Waals surface area contributed by atoms with Crippen LogP contribution in [0.1, 0.15) is 50.3 Å². The van der Waals surface area contributed by atoms with Crippen molar-refractivity contribution in [2.75, 3.05) is 0 Å². The molecule has 2 saturated heterocycles. The molecule has 2 aliphatic heterocycles. The Morgan fingerprint density at radius 2 is 1.67 bits per heavy atom. The number of esters is 1. The van der Waals surface area contributed by atoms with Crippen molar-refractivity contribution in [2.45, 2.75) is 59.7 Å². The second-order valence-corrected chi connectivity index (χ2v) is 9.04. The average molecular weight is 370 g/mol. The highest BCUT2D eigenvalue weighted by Gasteiger charge is 2.60. The maximum atomic E-state index is 13.4. The van der Waals surface area contributed by atoms with Crippen LogP contribution in [-0.2, 0) is 19.1 Å². The molecule has 1 N–H and O–H groups in total. The first-order chi connectivity index (χ1) is 12.6. The predicted molar refractivity (Wildman–Crippen MR) is 99.9 cm³/mol. The highest BCUT2D eigenvalue weighted by atomic mass is 16.5. The maximum absolute atomic E-state index is 13.4. The van der Waals surface area contributed by atoms with Crippen LogP contribution in [-0.4, -0.2) is 29.1 Å². The molecule has 2 bridgehead atoms. The van der Waals surface area contributed by atoms with Gasteiger partial charge in [-0.1, -0.05) is 0 Å². The summed E-state index contributed by atoms with van der Waals surface area (Å²) in [5, 5.41) is 9.89. The number of fused-ring (bicyclic) bond motifs is 5. The summed E-state index contributed by atoms with van der Waals surface area (Å²) in [4.78, 5) is 26.1. The molecule has 0 amide bonds. The van der Waals surface area contributed by atoms with Gasteiger partial charge < -0.3 is 14.6 Å². The van der Waals surface area contributed by atoms with Gasteiger partial charge in [-0.05, 0) is 76.3 Å². The SMILES string of the molecule is Cc1cc(O)cc(C)c1C1=C(OC(=O)C(C)(C)C)C2C3CCC(O3)C2C1=O. The summed E-state index contributed by atoms with van der Waals surface area (Å²) < 4.78 is 11.9. The monoisotopic (exact) mass is 370 g/mol. The Bertz CT molecular complexity index is 850. The van der Waals surface area contributed by atoms with Gasteiger partial charge in [-0.3, -0.25) is 9.59 Å². The molecule has 4 atom stereocenters. The molecule has 2 fully saturated rings. The first-order valence-corrected chi connectivity index (χ1v) is 9.56. The Kier molecular flexibility index (Phi) is 4.00. The molecule has 0 spiro atoms. The van der Waals surface area contributed by atoms with Crippen molar-refractivity contribution in [1.29, 1.82) is 0 Å². The minimum Gasteiger partial charge on any atom is -0.508 e. The first-order valence-electron chi connectivity index (χ1n) is 9.56. The van der Waals surface area contributed by atoms with E-state index in [1.165, 1.54) is 0 Å². The van der Waals surface area contributed by atoms with Crippen LogP contribution in [0.4, 0.5) is 0 Å². The molecule has 4 rings (SSSR count). The van der Waals surface area contributed by atoms with E-state index in [0.717, 1.165) is 29.5 Å². The summed E-state index contributed by atoms with van der Waals surface area (Å²) in [6, 6.07) is 3.29. The molecule has 1 aliphatic carbocycles. The van der Waals surface area contributed by atoms with Crippen LogP contribution < -0.4 is 0 Å². The molecular formula is C22H26O5. The predicted octanol–water partition coefficient (Wildman–Crippen LogP) is 3.69. The van der Waals surface area contributed by atoms with Crippen LogP contribution in [0.15, 0.2) is 17.9 Å². The van der Waals surface area contributed by atoms with Crippen molar-refractivity contribution in [3.63, 3.8) is 0 Å². The van der Waals surface area contributed by atoms with Crippen LogP contribution in [0, 0.1) is 31.1 Å². The largest absolute Gasteiger partial charge is 0.508 e. The molecule has 5 heteroatoms. The fourth-order valence-electron chi connectivity index (χ4n) is 4.75. The number of ketones is 1. The number of phenolic OH excluding ortho intramolecular Hbond substituents is 1. The number of benzene rings is 1. The summed E-state index contributed by atoms with van der Waals surface area (Å²) in [6.45, 7) is 9.14. The Morgan fingerprint density at radius 1 is 1.11 bits per heavy atom. The second-order valence-electron chi connectivity index (χ2n) is 9.04. The molecule has 0 saturated carbocycles. The highest BCUT2D eigenvalue weighted by molar-refractivity contribution is 6.26. The second kappa shape index (κ2) is 5.93. The third-order valence-electron chi connectivity index (χ3n) is 5.95. The number of rotatable bonds is 2. The lowest BCUT2D eigenvalue weighted by atomic mass is 9.80. The smallest absolute Gasteiger partial charge is 0.316 e. The highest BCUT2D eigenvalue weighted by Crippen LogP contribution is 2.55. The number of aryl methyl sites for hydroxylation is 2. The van der Waals surface area contributed by atoms with E-state index in [1.807, 2.05) is 13.8 Å². The minimum atomic E-state index is -0.670. The van der Waals surface area contributed by atoms with Gasteiger partial charge in [0, 0.05) is 0 Å². The molecule has 27 heavy (non-hydrogen) atoms. The van der Waals surface area contributed by atoms with Crippen LogP contribution >= 0.6 is 0 Å². The fraction of sp³-hybridized carbons (Fsp3) is 0.545. The third kappa shape index (κ3) is 2.71. The van der Waals surface area contributed by atoms with E-state index < -0.39 is 5.41 Å². The third-order valence-corrected chi connectivity index (χ3v) is 5.95. The summed E-state index contributed by atoms with van der Waals surface area (Å²) >= 11 is 0. The van der Waals surface area contributed by atoms with Gasteiger partial charge in [-0.2, -0.15) is 0 Å². The fourth-order valence-corrected chi connectivity index (χ4v) is 4.75. The maximum Gasteiger partial charge on any atom is 0.316 e. The number of carbonyl (C=O) groups excluding carboxylic acids is 2. The van der Waals surface area contributed by atoms with Gasteiger partial charge in [0.1, 0.15) is 11.5 Å². The molecule has 1 aromatic carbocycles. The van der Waals surface area contributed by atoms with Crippen LogP contribution in [0.2, 0.25) is 0 Å². The summed E-state index contributed by atoms with van der Waals surface area (Å²) in [5.41, 5.74) is 2.19. The molecular weight excluding hydrogens is 344 g/mol. The zero-order valence-electron chi connectivity index (χ0n) is 16.5. The van der Waals surface area contributed by atoms with Gasteiger partial charge in [-0.15, -0.1) is 0 Å². The van der Waals surface area contributed by atoms with Gasteiger partial charge in [0.25, 0.3) is 0 Å². The van der Waals surface area contributed by atoms with E-state index in [0.29, 0.717) is 11.3 Å². The molecule has 2 heterocycles. The average Bonchev–Trinajstić information content (AvgIpc) is 3.21. The summed E-state index contributed by atoms with van der Waals surface area (Å²) in [7, 11) is 0. The van der Waals surface area contributed by atoms with Gasteiger partial charge in [0.05, 0.1) is 35.0 Å². The topological polar surface area (TPSA) is 72.8 Å². The number of Topliss-reactive ketones (excluding diaryl/α,β-unsaturated/α-hetero) is 1. The number of hydrogen-bond acceptors (Lipinski definition) is 5. The van der Waals surface area contributed by atoms with Gasteiger partial charge in [-0.25, -0.2) is 0 Å². The Labute approximate surface area is 159 Å². The number of phenols is 1. The molecule has 1 aromatic rings. The van der Waals surface area contributed by atoms with Gasteiger partial charge >= 0.3 is 5.97 Å². The first kappa shape index (κ1) is 18.2. The number of aromatic hydroxyl groups is 1. The Morgan fingerprint density at radius 3 is 2.22 bits per heavy atom. The molecule has 5 nitrogen and oxygen atoms in total. The molecule has 4 unspecified atom stereocenters. The standard InChI is InChI=1S/C22H26O5/c1-10-8-12(23)9-11(2)15(10)18-19(24)16-13-6-7-14(26-13)17(16)20(18)27-21(25)22(3,4)5/h8-9,13-14,16-17,23H,6-7H2,1-5H3. The van der Waals surface area contributed by atoms with Crippen LogP contribution in [0.3, 0.4) is 0 Å². The molecule has 0 radical (unpaired) electrons. The van der Waals surface area contributed by atoms with E-state index in [4.69, 9.17) is 9.47 Å². The zero-order valence-corrected chi connectivity index (χ0v) is 16.5. The van der Waals surface area contributed by atoms with Crippen LogP contribution in [0.25, 0.3) is 5.57 Å². The molecule has 3 aliphatic rings. The van der Waals surface area contributed by atoms with Crippen LogP contribution in [0.5, 0.6) is 5.75 Å². The lowest BCUT2D eigenvalue weighted by Gasteiger charge is -2.24. The normalized spacial score (nSPS) is 29.4. The van der Waals surface area contributed by atoms with Crippen molar-refractivity contribution < 1.29 is 24.2 Å². The van der Waals surface area contributed by atoms with E-state index in [2.05, 4.69) is 0 Å². The Hall–Kier alpha value is -2.14. The summed E-state index contributed by atoms with van der Waals surface area (Å²) in [5.74, 6) is -0.175. The van der Waals surface area contributed by atoms with Crippen molar-refractivity contribution >= 4 is 17.3 Å². The van der Waals surface area contributed by atoms with Gasteiger partial charge in [0.15, 0.2) is 5.78 Å². The van der Waals surface area contributed by atoms with E-state index in [9.17, 15) is 14.7 Å². The lowest BCUT2D eigenvalue weighted by Crippen LogP contribution is -2.31. The van der Waals surface area contributed by atoms with E-state index >= 15 is 0 Å². The quantitative estimate of drug-likeness (QED) is 0.804. The number of carbonyl (C=O) groups is 2. The van der Waals surface area contributed by atoms with E-state index in [-0.39, 0.29) is 41.5 Å². The van der Waals surface area contributed by atoms with Crippen molar-refractivity contribution in [2.24, 2.45) is 17.3 Å². The number of allylic oxidation sites excluding steroid dienone is 1. The van der Waals surface area contributed by atoms with E-state index in [1.54, 1.807) is 32.9 Å². The minimum absolute atomic E-state index is 0.000740. The summed E-state index contributed by atoms with van der Waals surface area (Å²) in [6.07, 6.45) is 1.60. The van der Waals surface area contributed by atoms with Crippen molar-refractivity contribution in [1.82, 2.24) is 0 Å². The zero-order chi connectivity index (χ0) is 19.7. The number of hydrogen-bond donors (Lipinski definition) is 1. The van der Waals surface area contributed by atoms with Crippen molar-refractivity contribution in [3.05, 3.63) is 34.6 Å². The molecule has 0 aromatic heterocycles. The van der Waals surface area contributed by atoms with Gasteiger partial charge in [0.2, 0.25) is 0 Å². The Balaban J connectivity index is 1.88. The lowest BCUT2D eigenvalue weighted by molar-refractivity contribution is -0.149. The molecule has 144 valence electrons. The van der Waals surface area contributed by atoms with Crippen molar-refractivity contribution in [3.8, 4) is 5.75 Å². The number of ether oxygens (including phenoxy) is 2.